The fraction of sp³-hybridized carbons (Fsp3) is 0.400. The zero-order chi connectivity index (χ0) is 18.2. The van der Waals surface area contributed by atoms with E-state index in [1.807, 2.05) is 6.20 Å². The highest BCUT2D eigenvalue weighted by atomic mass is 32.1. The maximum absolute atomic E-state index is 4.70. The lowest BCUT2D eigenvalue weighted by atomic mass is 10.1. The number of nitrogens with zero attached hydrogens (tertiary/aromatic N) is 2. The fourth-order valence-electron chi connectivity index (χ4n) is 2.95. The van der Waals surface area contributed by atoms with Crippen LogP contribution in [0.4, 0.5) is 0 Å². The highest BCUT2D eigenvalue weighted by Crippen LogP contribution is 2.18. The highest BCUT2D eigenvalue weighted by molar-refractivity contribution is 7.11. The SMILES string of the molecule is CCNC(=NCCCc1c[nH]c2ccccc12)NCCc1ncc(C)s1. The number of hydrogen-bond donors (Lipinski definition) is 3. The van der Waals surface area contributed by atoms with Crippen molar-refractivity contribution in [3.8, 4) is 0 Å². The van der Waals surface area contributed by atoms with Crippen molar-refractivity contribution in [2.24, 2.45) is 4.99 Å². The quantitative estimate of drug-likeness (QED) is 0.322. The van der Waals surface area contributed by atoms with Crippen molar-refractivity contribution in [1.82, 2.24) is 20.6 Å². The molecule has 5 nitrogen and oxygen atoms in total. The number of fused-ring (bicyclic) bond motifs is 1. The molecule has 0 saturated heterocycles. The average Bonchev–Trinajstić information content (AvgIpc) is 3.25. The van der Waals surface area contributed by atoms with Crippen LogP contribution in [0.2, 0.25) is 0 Å². The summed E-state index contributed by atoms with van der Waals surface area (Å²) in [6.45, 7) is 6.71. The molecular weight excluding hydrogens is 342 g/mol. The van der Waals surface area contributed by atoms with Gasteiger partial charge < -0.3 is 15.6 Å². The normalized spacial score (nSPS) is 11.8. The third kappa shape index (κ3) is 5.08. The molecule has 0 atom stereocenters. The minimum absolute atomic E-state index is 0.811. The van der Waals surface area contributed by atoms with E-state index in [0.717, 1.165) is 44.9 Å². The maximum atomic E-state index is 4.70. The molecule has 0 unspecified atom stereocenters. The Hall–Kier alpha value is -2.34. The summed E-state index contributed by atoms with van der Waals surface area (Å²) in [5.41, 5.74) is 2.58. The summed E-state index contributed by atoms with van der Waals surface area (Å²) in [6.07, 6.45) is 7.05. The molecule has 0 spiro atoms. The molecule has 3 rings (SSSR count). The molecule has 2 aromatic heterocycles. The molecule has 26 heavy (non-hydrogen) atoms. The van der Waals surface area contributed by atoms with E-state index in [1.165, 1.54) is 26.4 Å². The van der Waals surface area contributed by atoms with Crippen molar-refractivity contribution < 1.29 is 0 Å². The highest BCUT2D eigenvalue weighted by Gasteiger charge is 2.03. The molecule has 138 valence electrons. The van der Waals surface area contributed by atoms with E-state index in [1.54, 1.807) is 11.3 Å². The molecule has 3 aromatic rings. The van der Waals surface area contributed by atoms with Crippen LogP contribution in [0.5, 0.6) is 0 Å². The van der Waals surface area contributed by atoms with Gasteiger partial charge in [-0.1, -0.05) is 18.2 Å². The smallest absolute Gasteiger partial charge is 0.191 e. The van der Waals surface area contributed by atoms with Crippen LogP contribution in [0.25, 0.3) is 10.9 Å². The van der Waals surface area contributed by atoms with Crippen LogP contribution in [0, 0.1) is 6.92 Å². The average molecular weight is 370 g/mol. The largest absolute Gasteiger partial charge is 0.361 e. The van der Waals surface area contributed by atoms with Crippen LogP contribution in [0.1, 0.15) is 28.8 Å². The Morgan fingerprint density at radius 1 is 1.23 bits per heavy atom. The van der Waals surface area contributed by atoms with Gasteiger partial charge in [0, 0.05) is 54.2 Å². The molecule has 0 amide bonds. The van der Waals surface area contributed by atoms with Crippen LogP contribution < -0.4 is 10.6 Å². The minimum atomic E-state index is 0.811. The van der Waals surface area contributed by atoms with E-state index in [2.05, 4.69) is 64.9 Å². The number of benzene rings is 1. The Bertz CT molecular complexity index is 849. The lowest BCUT2D eigenvalue weighted by Crippen LogP contribution is -2.38. The number of H-pyrrole nitrogens is 1. The third-order valence-corrected chi connectivity index (χ3v) is 5.17. The van der Waals surface area contributed by atoms with Gasteiger partial charge in [-0.2, -0.15) is 0 Å². The van der Waals surface area contributed by atoms with Gasteiger partial charge in [0.1, 0.15) is 0 Å². The van der Waals surface area contributed by atoms with E-state index in [0.29, 0.717) is 0 Å². The number of aromatic amines is 1. The molecule has 1 aromatic carbocycles. The molecule has 0 aliphatic rings. The summed E-state index contributed by atoms with van der Waals surface area (Å²) in [6, 6.07) is 8.45. The van der Waals surface area contributed by atoms with Crippen molar-refractivity contribution in [1.29, 1.82) is 0 Å². The number of para-hydroxylation sites is 1. The monoisotopic (exact) mass is 369 g/mol. The molecule has 0 aliphatic carbocycles. The Labute approximate surface area is 159 Å². The third-order valence-electron chi connectivity index (χ3n) is 4.19. The van der Waals surface area contributed by atoms with E-state index in [-0.39, 0.29) is 0 Å². The molecule has 2 heterocycles. The molecule has 0 fully saturated rings. The number of rotatable bonds is 8. The first-order valence-corrected chi connectivity index (χ1v) is 10.1. The van der Waals surface area contributed by atoms with Crippen molar-refractivity contribution >= 4 is 28.2 Å². The van der Waals surface area contributed by atoms with Gasteiger partial charge in [-0.3, -0.25) is 4.99 Å². The summed E-state index contributed by atoms with van der Waals surface area (Å²) < 4.78 is 0. The lowest BCUT2D eigenvalue weighted by Gasteiger charge is -2.10. The van der Waals surface area contributed by atoms with E-state index < -0.39 is 0 Å². The number of hydrogen-bond acceptors (Lipinski definition) is 3. The van der Waals surface area contributed by atoms with Crippen molar-refractivity contribution in [3.05, 3.63) is 52.1 Å². The summed E-state index contributed by atoms with van der Waals surface area (Å²) in [5, 5.41) is 9.21. The zero-order valence-electron chi connectivity index (χ0n) is 15.5. The van der Waals surface area contributed by atoms with Gasteiger partial charge in [0.25, 0.3) is 0 Å². The first-order valence-electron chi connectivity index (χ1n) is 9.24. The predicted octanol–water partition coefficient (Wildman–Crippen LogP) is 3.66. The lowest BCUT2D eigenvalue weighted by molar-refractivity contribution is 0.776. The van der Waals surface area contributed by atoms with Gasteiger partial charge in [-0.15, -0.1) is 11.3 Å². The Morgan fingerprint density at radius 3 is 2.92 bits per heavy atom. The summed E-state index contributed by atoms with van der Waals surface area (Å²) >= 11 is 1.76. The molecule has 0 radical (unpaired) electrons. The number of nitrogens with one attached hydrogen (secondary N) is 3. The second kappa shape index (κ2) is 9.38. The topological polar surface area (TPSA) is 65.1 Å². The van der Waals surface area contributed by atoms with Crippen LogP contribution in [0.3, 0.4) is 0 Å². The number of aliphatic imine (C=N–C) groups is 1. The van der Waals surface area contributed by atoms with E-state index in [4.69, 9.17) is 4.99 Å². The minimum Gasteiger partial charge on any atom is -0.361 e. The standard InChI is InChI=1S/C20H27N5S/c1-3-21-20(23-12-10-19-25-13-15(2)26-19)22-11-6-7-16-14-24-18-9-5-4-8-17(16)18/h4-5,8-9,13-14,24H,3,6-7,10-12H2,1-2H3,(H2,21,22,23). The summed E-state index contributed by atoms with van der Waals surface area (Å²) in [4.78, 5) is 13.7. The number of aromatic nitrogens is 2. The fourth-order valence-corrected chi connectivity index (χ4v) is 3.73. The van der Waals surface area contributed by atoms with Gasteiger partial charge in [0.15, 0.2) is 5.96 Å². The Morgan fingerprint density at radius 2 is 2.12 bits per heavy atom. The zero-order valence-corrected chi connectivity index (χ0v) is 16.3. The van der Waals surface area contributed by atoms with Gasteiger partial charge >= 0.3 is 0 Å². The second-order valence-electron chi connectivity index (χ2n) is 6.27. The first kappa shape index (κ1) is 18.5. The van der Waals surface area contributed by atoms with Crippen LogP contribution in [-0.2, 0) is 12.8 Å². The van der Waals surface area contributed by atoms with Crippen LogP contribution >= 0.6 is 11.3 Å². The number of thiazole rings is 1. The number of aryl methyl sites for hydroxylation is 2. The van der Waals surface area contributed by atoms with Crippen molar-refractivity contribution in [2.75, 3.05) is 19.6 Å². The predicted molar refractivity (Wildman–Crippen MR) is 111 cm³/mol. The molecule has 3 N–H and O–H groups in total. The molecule has 0 saturated carbocycles. The van der Waals surface area contributed by atoms with Crippen LogP contribution in [0.15, 0.2) is 41.7 Å². The molecule has 0 bridgehead atoms. The van der Waals surface area contributed by atoms with Gasteiger partial charge in [-0.05, 0) is 38.3 Å². The Balaban J connectivity index is 1.46. The molecule has 6 heteroatoms. The molecule has 0 aliphatic heterocycles. The molecular formula is C20H27N5S. The van der Waals surface area contributed by atoms with Crippen molar-refractivity contribution in [2.45, 2.75) is 33.1 Å². The van der Waals surface area contributed by atoms with Gasteiger partial charge in [-0.25, -0.2) is 4.98 Å². The summed E-state index contributed by atoms with van der Waals surface area (Å²) in [7, 11) is 0. The van der Waals surface area contributed by atoms with Crippen LogP contribution in [-0.4, -0.2) is 35.6 Å². The first-order chi connectivity index (χ1) is 12.8. The van der Waals surface area contributed by atoms with Gasteiger partial charge in [0.2, 0.25) is 0 Å². The number of guanidine groups is 1. The summed E-state index contributed by atoms with van der Waals surface area (Å²) in [5.74, 6) is 0.889. The second-order valence-corrected chi connectivity index (χ2v) is 7.58. The van der Waals surface area contributed by atoms with Gasteiger partial charge in [0.05, 0.1) is 5.01 Å². The van der Waals surface area contributed by atoms with E-state index in [9.17, 15) is 0 Å². The van der Waals surface area contributed by atoms with E-state index >= 15 is 0 Å². The maximum Gasteiger partial charge on any atom is 0.191 e. The Kier molecular flexibility index (Phi) is 6.66. The van der Waals surface area contributed by atoms with Crippen molar-refractivity contribution in [3.63, 3.8) is 0 Å².